The van der Waals surface area contributed by atoms with E-state index in [0.29, 0.717) is 31.4 Å². The van der Waals surface area contributed by atoms with Crippen molar-refractivity contribution in [2.45, 2.75) is 64.3 Å². The Morgan fingerprint density at radius 3 is 2.45 bits per heavy atom. The molecule has 1 aliphatic carbocycles. The molecule has 2 aliphatic rings. The van der Waals surface area contributed by atoms with Crippen LogP contribution >= 0.6 is 0 Å². The highest BCUT2D eigenvalue weighted by molar-refractivity contribution is 6.06. The van der Waals surface area contributed by atoms with Crippen LogP contribution in [0.1, 0.15) is 75.5 Å². The first-order valence-corrected chi connectivity index (χ1v) is 14.4. The van der Waals surface area contributed by atoms with Gasteiger partial charge in [0.25, 0.3) is 0 Å². The lowest BCUT2D eigenvalue weighted by atomic mass is 9.78. The molecule has 2 atom stereocenters. The predicted molar refractivity (Wildman–Crippen MR) is 159 cm³/mol. The Labute approximate surface area is 237 Å². The molecule has 1 amide bonds. The van der Waals surface area contributed by atoms with Gasteiger partial charge in [-0.05, 0) is 61.2 Å². The zero-order chi connectivity index (χ0) is 28.1. The maximum atomic E-state index is 14.2. The first-order chi connectivity index (χ1) is 19.5. The number of hydrogen-bond acceptors (Lipinski definition) is 5. The summed E-state index contributed by atoms with van der Waals surface area (Å²) in [5.74, 6) is 1.59. The third-order valence-electron chi connectivity index (χ3n) is 7.84. The lowest BCUT2D eigenvalue weighted by Gasteiger charge is -2.35. The van der Waals surface area contributed by atoms with Crippen LogP contribution in [0.4, 0.5) is 11.4 Å². The molecule has 0 saturated heterocycles. The Morgan fingerprint density at radius 2 is 1.70 bits per heavy atom. The molecule has 6 heteroatoms. The van der Waals surface area contributed by atoms with Crippen LogP contribution in [-0.4, -0.2) is 25.4 Å². The van der Waals surface area contributed by atoms with Crippen LogP contribution in [0.3, 0.4) is 0 Å². The van der Waals surface area contributed by atoms with Crippen molar-refractivity contribution < 1.29 is 19.1 Å². The normalized spacial score (nSPS) is 18.4. The molecule has 0 fully saturated rings. The fraction of sp³-hybridized carbons (Fsp3) is 0.353. The molecule has 1 N–H and O–H groups in total. The van der Waals surface area contributed by atoms with Gasteiger partial charge >= 0.3 is 0 Å². The monoisotopic (exact) mass is 538 g/mol. The number of hydrogen-bond donors (Lipinski definition) is 1. The zero-order valence-corrected chi connectivity index (χ0v) is 23.6. The number of allylic oxidation sites excluding steroid dienone is 1. The van der Waals surface area contributed by atoms with Crippen LogP contribution in [-0.2, 0) is 9.59 Å². The number of rotatable bonds is 9. The van der Waals surface area contributed by atoms with Crippen LogP contribution in [0.5, 0.6) is 11.5 Å². The molecular formula is C34H38N2O4. The number of Topliss-reactive ketones (excluding diaryl/α,β-unsaturated/α-hetero) is 1. The van der Waals surface area contributed by atoms with E-state index in [-0.39, 0.29) is 17.6 Å². The second-order valence-electron chi connectivity index (χ2n) is 10.4. The topological polar surface area (TPSA) is 67.9 Å². The largest absolute Gasteiger partial charge is 0.497 e. The Morgan fingerprint density at radius 1 is 0.950 bits per heavy atom. The standard InChI is InChI=1S/C34H38N2O4/c1-4-6-7-16-32(38)36-29-14-10-9-13-27(29)35-28-21-24(26-12-8-11-15-31(26)40-5-2)22-30(37)33(28)34(36)23-17-19-25(39-3)20-18-23/h8-15,17-20,24,34-35H,4-7,16,21-22H2,1-3H3/t24-,34-/m1/s1. The van der Waals surface area contributed by atoms with Gasteiger partial charge in [0.15, 0.2) is 5.78 Å². The smallest absolute Gasteiger partial charge is 0.227 e. The van der Waals surface area contributed by atoms with Crippen molar-refractivity contribution in [1.82, 2.24) is 0 Å². The minimum absolute atomic E-state index is 0.0221. The second kappa shape index (κ2) is 12.4. The summed E-state index contributed by atoms with van der Waals surface area (Å²) in [6.07, 6.45) is 4.25. The molecule has 0 spiro atoms. The van der Waals surface area contributed by atoms with Gasteiger partial charge in [-0.1, -0.05) is 62.2 Å². The van der Waals surface area contributed by atoms with Gasteiger partial charge in [-0.15, -0.1) is 0 Å². The summed E-state index contributed by atoms with van der Waals surface area (Å²) in [4.78, 5) is 30.1. The number of fused-ring (bicyclic) bond motifs is 1. The van der Waals surface area contributed by atoms with Crippen molar-refractivity contribution in [3.05, 3.63) is 95.2 Å². The highest BCUT2D eigenvalue weighted by Crippen LogP contribution is 2.48. The molecule has 3 aromatic rings. The van der Waals surface area contributed by atoms with Gasteiger partial charge in [0, 0.05) is 30.0 Å². The van der Waals surface area contributed by atoms with Crippen LogP contribution in [0.25, 0.3) is 0 Å². The van der Waals surface area contributed by atoms with Gasteiger partial charge in [-0.2, -0.15) is 0 Å². The second-order valence-corrected chi connectivity index (χ2v) is 10.4. The van der Waals surface area contributed by atoms with E-state index in [9.17, 15) is 9.59 Å². The van der Waals surface area contributed by atoms with E-state index in [0.717, 1.165) is 59.0 Å². The van der Waals surface area contributed by atoms with Crippen molar-refractivity contribution in [1.29, 1.82) is 0 Å². The SMILES string of the molecule is CCCCCC(=O)N1c2ccccc2NC2=C(C(=O)C[C@H](c3ccccc3OCC)C2)[C@H]1c1ccc(OC)cc1. The van der Waals surface area contributed by atoms with E-state index >= 15 is 0 Å². The molecule has 1 aliphatic heterocycles. The zero-order valence-electron chi connectivity index (χ0n) is 23.6. The van der Waals surface area contributed by atoms with Crippen LogP contribution < -0.4 is 19.7 Å². The van der Waals surface area contributed by atoms with Crippen molar-refractivity contribution in [3.8, 4) is 11.5 Å². The first-order valence-electron chi connectivity index (χ1n) is 14.4. The van der Waals surface area contributed by atoms with E-state index in [1.807, 2.05) is 78.6 Å². The Bertz CT molecular complexity index is 1400. The molecule has 5 rings (SSSR count). The average molecular weight is 539 g/mol. The minimum Gasteiger partial charge on any atom is -0.497 e. The summed E-state index contributed by atoms with van der Waals surface area (Å²) in [6.45, 7) is 4.67. The lowest BCUT2D eigenvalue weighted by Crippen LogP contribution is -2.38. The fourth-order valence-electron chi connectivity index (χ4n) is 5.94. The number of ether oxygens (including phenoxy) is 2. The fourth-order valence-corrected chi connectivity index (χ4v) is 5.94. The maximum Gasteiger partial charge on any atom is 0.227 e. The number of amides is 1. The van der Waals surface area contributed by atoms with Crippen LogP contribution in [0, 0.1) is 0 Å². The number of ketones is 1. The van der Waals surface area contributed by atoms with Crippen LogP contribution in [0.15, 0.2) is 84.1 Å². The van der Waals surface area contributed by atoms with E-state index in [2.05, 4.69) is 18.3 Å². The molecule has 0 unspecified atom stereocenters. The highest BCUT2D eigenvalue weighted by atomic mass is 16.5. The summed E-state index contributed by atoms with van der Waals surface area (Å²) in [6, 6.07) is 23.1. The van der Waals surface area contributed by atoms with E-state index in [1.165, 1.54) is 0 Å². The van der Waals surface area contributed by atoms with Gasteiger partial charge in [-0.3, -0.25) is 14.5 Å². The molecule has 0 aromatic heterocycles. The average Bonchev–Trinajstić information content (AvgIpc) is 3.12. The number of methoxy groups -OCH3 is 1. The molecule has 40 heavy (non-hydrogen) atoms. The Balaban J connectivity index is 1.65. The summed E-state index contributed by atoms with van der Waals surface area (Å²) in [5, 5.41) is 3.62. The molecule has 0 saturated carbocycles. The number of carbonyl (C=O) groups excluding carboxylic acids is 2. The molecule has 208 valence electrons. The number of nitrogens with one attached hydrogen (secondary N) is 1. The third-order valence-corrected chi connectivity index (χ3v) is 7.84. The van der Waals surface area contributed by atoms with E-state index in [1.54, 1.807) is 7.11 Å². The van der Waals surface area contributed by atoms with E-state index < -0.39 is 6.04 Å². The number of anilines is 2. The molecular weight excluding hydrogens is 500 g/mol. The summed E-state index contributed by atoms with van der Waals surface area (Å²) >= 11 is 0. The molecule has 0 radical (unpaired) electrons. The van der Waals surface area contributed by atoms with Gasteiger partial charge in [0.2, 0.25) is 5.91 Å². The predicted octanol–water partition coefficient (Wildman–Crippen LogP) is 7.57. The third kappa shape index (κ3) is 5.48. The molecule has 3 aromatic carbocycles. The Hall–Kier alpha value is -4.06. The Kier molecular flexibility index (Phi) is 8.54. The van der Waals surface area contributed by atoms with Crippen molar-refractivity contribution in [3.63, 3.8) is 0 Å². The van der Waals surface area contributed by atoms with E-state index in [4.69, 9.17) is 9.47 Å². The summed E-state index contributed by atoms with van der Waals surface area (Å²) in [5.41, 5.74) is 5.08. The quantitative estimate of drug-likeness (QED) is 0.285. The number of para-hydroxylation sites is 3. The van der Waals surface area contributed by atoms with Crippen molar-refractivity contribution in [2.75, 3.05) is 23.9 Å². The number of unbranched alkanes of at least 4 members (excludes halogenated alkanes) is 2. The molecule has 6 nitrogen and oxygen atoms in total. The maximum absolute atomic E-state index is 14.2. The van der Waals surface area contributed by atoms with Gasteiger partial charge < -0.3 is 14.8 Å². The number of benzene rings is 3. The van der Waals surface area contributed by atoms with Gasteiger partial charge in [0.1, 0.15) is 11.5 Å². The highest BCUT2D eigenvalue weighted by Gasteiger charge is 2.41. The van der Waals surface area contributed by atoms with Crippen LogP contribution in [0.2, 0.25) is 0 Å². The van der Waals surface area contributed by atoms with Crippen molar-refractivity contribution in [2.24, 2.45) is 0 Å². The molecule has 0 bridgehead atoms. The molecule has 1 heterocycles. The summed E-state index contributed by atoms with van der Waals surface area (Å²) in [7, 11) is 1.63. The minimum atomic E-state index is -0.540. The van der Waals surface area contributed by atoms with Crippen molar-refractivity contribution >= 4 is 23.1 Å². The summed E-state index contributed by atoms with van der Waals surface area (Å²) < 4.78 is 11.4. The first kappa shape index (κ1) is 27.5. The van der Waals surface area contributed by atoms with Gasteiger partial charge in [0.05, 0.1) is 31.1 Å². The van der Waals surface area contributed by atoms with Gasteiger partial charge in [-0.25, -0.2) is 0 Å². The number of carbonyl (C=O) groups is 2. The lowest BCUT2D eigenvalue weighted by molar-refractivity contribution is -0.119. The number of nitrogens with zero attached hydrogens (tertiary/aromatic N) is 1.